The molecular weight excluding hydrogens is 350 g/mol. The highest BCUT2D eigenvalue weighted by molar-refractivity contribution is 5.95. The summed E-state index contributed by atoms with van der Waals surface area (Å²) in [6.45, 7) is 8.27. The Morgan fingerprint density at radius 1 is 1.14 bits per heavy atom. The molecule has 0 spiro atoms. The lowest BCUT2D eigenvalue weighted by Gasteiger charge is -2.27. The van der Waals surface area contributed by atoms with Gasteiger partial charge in [0.15, 0.2) is 0 Å². The summed E-state index contributed by atoms with van der Waals surface area (Å²) in [7, 11) is 0. The van der Waals surface area contributed by atoms with Crippen molar-refractivity contribution >= 4 is 23.2 Å². The fourth-order valence-corrected chi connectivity index (χ4v) is 2.90. The van der Waals surface area contributed by atoms with Gasteiger partial charge in [-0.25, -0.2) is 4.79 Å². The third kappa shape index (κ3) is 5.04. The van der Waals surface area contributed by atoms with Gasteiger partial charge in [0.1, 0.15) is 5.84 Å². The van der Waals surface area contributed by atoms with Crippen LogP contribution >= 0.6 is 0 Å². The van der Waals surface area contributed by atoms with E-state index >= 15 is 0 Å². The van der Waals surface area contributed by atoms with Gasteiger partial charge in [-0.15, -0.1) is 0 Å². The van der Waals surface area contributed by atoms with E-state index in [0.717, 1.165) is 28.1 Å². The summed E-state index contributed by atoms with van der Waals surface area (Å²) in [5, 5.41) is 10.6. The first kappa shape index (κ1) is 20.8. The average Bonchev–Trinajstić information content (AvgIpc) is 2.62. The van der Waals surface area contributed by atoms with Gasteiger partial charge in [-0.05, 0) is 75.2 Å². The fraction of sp³-hybridized carbons (Fsp3) is 0.273. The van der Waals surface area contributed by atoms with Crippen LogP contribution in [0, 0.1) is 31.1 Å². The van der Waals surface area contributed by atoms with E-state index in [2.05, 4.69) is 17.2 Å². The molecule has 0 aliphatic carbocycles. The molecule has 0 bridgehead atoms. The van der Waals surface area contributed by atoms with Crippen LogP contribution in [0.15, 0.2) is 36.4 Å². The van der Waals surface area contributed by atoms with Crippen molar-refractivity contribution in [2.45, 2.75) is 33.7 Å². The van der Waals surface area contributed by atoms with Crippen molar-refractivity contribution in [2.24, 2.45) is 11.5 Å². The van der Waals surface area contributed by atoms with E-state index in [1.165, 1.54) is 0 Å². The standard InChI is InChI=1S/C22H27N5O/c1-14(2)27(22(25)28)20-13-15(3)18(12-16(20)4)6-5-11-26-19-9-7-17(8-10-19)21(23)24/h7-10,12-14,26H,11H2,1-4H3,(H3,23,24)(H2,25,28). The van der Waals surface area contributed by atoms with Crippen LogP contribution in [0.4, 0.5) is 16.2 Å². The van der Waals surface area contributed by atoms with Crippen LogP contribution in [0.3, 0.4) is 0 Å². The maximum atomic E-state index is 11.8. The van der Waals surface area contributed by atoms with Gasteiger partial charge in [-0.3, -0.25) is 10.3 Å². The number of primary amides is 1. The van der Waals surface area contributed by atoms with Gasteiger partial charge in [0.25, 0.3) is 0 Å². The molecule has 6 nitrogen and oxygen atoms in total. The van der Waals surface area contributed by atoms with Gasteiger partial charge in [0.05, 0.1) is 6.54 Å². The number of amides is 2. The van der Waals surface area contributed by atoms with Crippen molar-refractivity contribution in [3.63, 3.8) is 0 Å². The molecule has 2 rings (SSSR count). The summed E-state index contributed by atoms with van der Waals surface area (Å²) in [6.07, 6.45) is 0. The van der Waals surface area contributed by atoms with E-state index in [1.54, 1.807) is 17.0 Å². The topological polar surface area (TPSA) is 108 Å². The number of carbonyl (C=O) groups is 1. The van der Waals surface area contributed by atoms with Crippen LogP contribution in [-0.2, 0) is 0 Å². The Morgan fingerprint density at radius 3 is 2.32 bits per heavy atom. The van der Waals surface area contributed by atoms with E-state index in [-0.39, 0.29) is 11.9 Å². The Kier molecular flexibility index (Phi) is 6.67. The second-order valence-electron chi connectivity index (χ2n) is 6.90. The number of amidine groups is 1. The van der Waals surface area contributed by atoms with Crippen molar-refractivity contribution in [1.82, 2.24) is 0 Å². The molecule has 6 heteroatoms. The lowest BCUT2D eigenvalue weighted by molar-refractivity contribution is 0.252. The van der Waals surface area contributed by atoms with E-state index in [0.29, 0.717) is 12.1 Å². The van der Waals surface area contributed by atoms with Gasteiger partial charge in [-0.2, -0.15) is 0 Å². The summed E-state index contributed by atoms with van der Waals surface area (Å²) in [6, 6.07) is 10.8. The first-order valence-corrected chi connectivity index (χ1v) is 9.07. The average molecular weight is 377 g/mol. The zero-order valence-corrected chi connectivity index (χ0v) is 16.8. The second-order valence-corrected chi connectivity index (χ2v) is 6.90. The minimum Gasteiger partial charge on any atom is -0.384 e. The summed E-state index contributed by atoms with van der Waals surface area (Å²) >= 11 is 0. The minimum atomic E-state index is -0.462. The minimum absolute atomic E-state index is 0.0221. The number of aryl methyl sites for hydroxylation is 2. The third-order valence-corrected chi connectivity index (χ3v) is 4.36. The molecule has 0 aliphatic rings. The molecule has 2 aromatic rings. The Hall–Kier alpha value is -3.46. The van der Waals surface area contributed by atoms with Gasteiger partial charge < -0.3 is 16.8 Å². The lowest BCUT2D eigenvalue weighted by atomic mass is 10.0. The molecule has 0 heterocycles. The number of carbonyl (C=O) groups excluding carboxylic acids is 1. The summed E-state index contributed by atoms with van der Waals surface area (Å²) in [4.78, 5) is 13.4. The highest BCUT2D eigenvalue weighted by atomic mass is 16.2. The van der Waals surface area contributed by atoms with Crippen molar-refractivity contribution < 1.29 is 4.79 Å². The van der Waals surface area contributed by atoms with Crippen molar-refractivity contribution in [3.05, 3.63) is 58.7 Å². The summed E-state index contributed by atoms with van der Waals surface area (Å²) in [5.41, 5.74) is 16.3. The fourth-order valence-electron chi connectivity index (χ4n) is 2.90. The molecule has 0 unspecified atom stereocenters. The molecule has 6 N–H and O–H groups in total. The van der Waals surface area contributed by atoms with Crippen LogP contribution in [-0.4, -0.2) is 24.5 Å². The molecule has 0 radical (unpaired) electrons. The van der Waals surface area contributed by atoms with E-state index in [9.17, 15) is 4.79 Å². The number of nitrogen functional groups attached to an aromatic ring is 1. The quantitative estimate of drug-likeness (QED) is 0.364. The molecule has 0 saturated carbocycles. The highest BCUT2D eigenvalue weighted by Crippen LogP contribution is 2.25. The summed E-state index contributed by atoms with van der Waals surface area (Å²) < 4.78 is 0. The Balaban J connectivity index is 2.12. The Labute approximate surface area is 166 Å². The van der Waals surface area contributed by atoms with Crippen LogP contribution in [0.1, 0.15) is 36.1 Å². The van der Waals surface area contributed by atoms with E-state index in [1.807, 2.05) is 52.0 Å². The van der Waals surface area contributed by atoms with E-state index < -0.39 is 6.03 Å². The first-order valence-electron chi connectivity index (χ1n) is 9.07. The number of urea groups is 1. The van der Waals surface area contributed by atoms with Crippen LogP contribution in [0.5, 0.6) is 0 Å². The zero-order valence-electron chi connectivity index (χ0n) is 16.8. The van der Waals surface area contributed by atoms with E-state index in [4.69, 9.17) is 16.9 Å². The van der Waals surface area contributed by atoms with Crippen LogP contribution in [0.25, 0.3) is 0 Å². The molecule has 28 heavy (non-hydrogen) atoms. The van der Waals surface area contributed by atoms with Gasteiger partial charge in [0, 0.05) is 28.5 Å². The number of nitrogens with two attached hydrogens (primary N) is 2. The normalized spacial score (nSPS) is 10.2. The molecule has 2 aromatic carbocycles. The van der Waals surface area contributed by atoms with Crippen LogP contribution < -0.4 is 21.7 Å². The molecule has 0 aromatic heterocycles. The van der Waals surface area contributed by atoms with Crippen molar-refractivity contribution in [3.8, 4) is 11.8 Å². The van der Waals surface area contributed by atoms with Crippen molar-refractivity contribution in [1.29, 1.82) is 5.41 Å². The Morgan fingerprint density at radius 2 is 1.79 bits per heavy atom. The predicted octanol–water partition coefficient (Wildman–Crippen LogP) is 3.34. The first-order chi connectivity index (χ1) is 13.2. The smallest absolute Gasteiger partial charge is 0.319 e. The molecular formula is C22H27N5O. The number of anilines is 2. The second kappa shape index (κ2) is 8.96. The molecule has 0 fully saturated rings. The maximum Gasteiger partial charge on any atom is 0.319 e. The number of rotatable bonds is 5. The zero-order chi connectivity index (χ0) is 20.8. The van der Waals surface area contributed by atoms with Gasteiger partial charge in [-0.1, -0.05) is 11.8 Å². The van der Waals surface area contributed by atoms with Crippen molar-refractivity contribution in [2.75, 3.05) is 16.8 Å². The van der Waals surface area contributed by atoms with Gasteiger partial charge >= 0.3 is 6.03 Å². The highest BCUT2D eigenvalue weighted by Gasteiger charge is 2.18. The number of nitrogens with one attached hydrogen (secondary N) is 2. The molecule has 0 saturated heterocycles. The molecule has 0 atom stereocenters. The molecule has 0 aliphatic heterocycles. The SMILES string of the molecule is Cc1cc(N(C(N)=O)C(C)C)c(C)cc1C#CCNc1ccc(C(=N)N)cc1. The monoisotopic (exact) mass is 377 g/mol. The molecule has 146 valence electrons. The summed E-state index contributed by atoms with van der Waals surface area (Å²) in [5.74, 6) is 6.34. The van der Waals surface area contributed by atoms with Crippen LogP contribution in [0.2, 0.25) is 0 Å². The number of nitrogens with zero attached hydrogens (tertiary/aromatic N) is 1. The number of hydrogen-bond acceptors (Lipinski definition) is 3. The third-order valence-electron chi connectivity index (χ3n) is 4.36. The predicted molar refractivity (Wildman–Crippen MR) is 116 cm³/mol. The molecule has 2 amide bonds. The lowest BCUT2D eigenvalue weighted by Crippen LogP contribution is -2.41. The Bertz CT molecular complexity index is 936. The number of benzene rings is 2. The van der Waals surface area contributed by atoms with Gasteiger partial charge in [0.2, 0.25) is 0 Å². The number of hydrogen-bond donors (Lipinski definition) is 4. The maximum absolute atomic E-state index is 11.8. The largest absolute Gasteiger partial charge is 0.384 e.